The number of fused-ring (bicyclic) bond motifs is 1. The molecular formula is C14H19N5OS. The summed E-state index contributed by atoms with van der Waals surface area (Å²) < 4.78 is 1.90. The lowest BCUT2D eigenvalue weighted by Gasteiger charge is -2.23. The molecule has 0 spiro atoms. The molecule has 3 rings (SSSR count). The first-order valence-electron chi connectivity index (χ1n) is 7.15. The Bertz CT molecular complexity index is 648. The van der Waals surface area contributed by atoms with Crippen molar-refractivity contribution in [3.05, 3.63) is 33.5 Å². The normalized spacial score (nSPS) is 17.5. The number of nitrogens with two attached hydrogens (primary N) is 1. The molecule has 0 radical (unpaired) electrons. The zero-order chi connectivity index (χ0) is 14.8. The number of hydrogen-bond donors (Lipinski definition) is 2. The third kappa shape index (κ3) is 2.84. The Morgan fingerprint density at radius 2 is 2.48 bits per heavy atom. The van der Waals surface area contributed by atoms with E-state index in [9.17, 15) is 4.79 Å². The number of thiazole rings is 1. The molecule has 0 bridgehead atoms. The van der Waals surface area contributed by atoms with Crippen molar-refractivity contribution in [3.8, 4) is 0 Å². The maximum Gasteiger partial charge on any atom is 0.271 e. The van der Waals surface area contributed by atoms with Crippen LogP contribution in [0.3, 0.4) is 0 Å². The van der Waals surface area contributed by atoms with Crippen molar-refractivity contribution in [1.29, 1.82) is 0 Å². The number of carbonyl (C=O) groups is 1. The molecule has 0 aliphatic heterocycles. The summed E-state index contributed by atoms with van der Waals surface area (Å²) in [6.45, 7) is 0.552. The smallest absolute Gasteiger partial charge is 0.271 e. The van der Waals surface area contributed by atoms with Gasteiger partial charge in [-0.05, 0) is 25.8 Å². The Hall–Kier alpha value is -1.73. The minimum Gasteiger partial charge on any atom is -0.344 e. The second-order valence-electron chi connectivity index (χ2n) is 5.25. The predicted molar refractivity (Wildman–Crippen MR) is 81.2 cm³/mol. The van der Waals surface area contributed by atoms with Crippen LogP contribution in [-0.4, -0.2) is 27.2 Å². The van der Waals surface area contributed by atoms with Gasteiger partial charge in [-0.2, -0.15) is 5.10 Å². The molecular weight excluding hydrogens is 286 g/mol. The molecule has 0 saturated heterocycles. The van der Waals surface area contributed by atoms with Crippen LogP contribution in [0, 0.1) is 0 Å². The molecule has 3 N–H and O–H groups in total. The maximum absolute atomic E-state index is 12.3. The molecule has 112 valence electrons. The molecule has 2 aromatic heterocycles. The molecule has 0 aromatic carbocycles. The van der Waals surface area contributed by atoms with Crippen molar-refractivity contribution < 1.29 is 4.79 Å². The zero-order valence-electron chi connectivity index (χ0n) is 12.0. The number of nitrogens with one attached hydrogen (secondary N) is 1. The van der Waals surface area contributed by atoms with Gasteiger partial charge in [0.15, 0.2) is 0 Å². The lowest BCUT2D eigenvalue weighted by atomic mass is 9.93. The number of carbonyl (C=O) groups excluding carboxylic acids is 1. The Kier molecular flexibility index (Phi) is 4.03. The summed E-state index contributed by atoms with van der Waals surface area (Å²) in [6.07, 6.45) is 5.61. The van der Waals surface area contributed by atoms with Crippen LogP contribution in [0.4, 0.5) is 0 Å². The van der Waals surface area contributed by atoms with Crippen LogP contribution < -0.4 is 11.1 Å². The quantitative estimate of drug-likeness (QED) is 0.888. The highest BCUT2D eigenvalue weighted by atomic mass is 32.1. The fourth-order valence-electron chi connectivity index (χ4n) is 2.74. The molecule has 1 aliphatic rings. The van der Waals surface area contributed by atoms with Crippen LogP contribution in [0.1, 0.15) is 45.6 Å². The van der Waals surface area contributed by atoms with Gasteiger partial charge in [0, 0.05) is 30.1 Å². The first kappa shape index (κ1) is 14.2. The molecule has 2 heterocycles. The summed E-state index contributed by atoms with van der Waals surface area (Å²) in [5.41, 5.74) is 8.34. The number of rotatable bonds is 4. The molecule has 1 amide bonds. The van der Waals surface area contributed by atoms with E-state index in [1.54, 1.807) is 5.38 Å². The Balaban J connectivity index is 1.73. The number of aromatic nitrogens is 3. The van der Waals surface area contributed by atoms with E-state index in [1.807, 2.05) is 17.9 Å². The third-order valence-corrected chi connectivity index (χ3v) is 4.73. The van der Waals surface area contributed by atoms with Crippen LogP contribution in [0.15, 0.2) is 11.6 Å². The highest BCUT2D eigenvalue weighted by Gasteiger charge is 2.25. The zero-order valence-corrected chi connectivity index (χ0v) is 12.8. The summed E-state index contributed by atoms with van der Waals surface area (Å²) in [5, 5.41) is 10.1. The molecule has 0 fully saturated rings. The van der Waals surface area contributed by atoms with E-state index < -0.39 is 0 Å². The lowest BCUT2D eigenvalue weighted by Crippen LogP contribution is -2.31. The predicted octanol–water partition coefficient (Wildman–Crippen LogP) is 1.19. The SMILES string of the molecule is Cn1ncc2c1CCCC2NC(=O)c1csc(CCN)n1. The molecule has 7 heteroatoms. The van der Waals surface area contributed by atoms with Gasteiger partial charge in [0.05, 0.1) is 17.2 Å². The van der Waals surface area contributed by atoms with Crippen LogP contribution in [0.2, 0.25) is 0 Å². The molecule has 1 unspecified atom stereocenters. The third-order valence-electron chi connectivity index (χ3n) is 3.82. The van der Waals surface area contributed by atoms with E-state index in [4.69, 9.17) is 5.73 Å². The van der Waals surface area contributed by atoms with Crippen LogP contribution >= 0.6 is 11.3 Å². The highest BCUT2D eigenvalue weighted by Crippen LogP contribution is 2.29. The van der Waals surface area contributed by atoms with Crippen LogP contribution in [0.25, 0.3) is 0 Å². The van der Waals surface area contributed by atoms with Crippen LogP contribution in [0.5, 0.6) is 0 Å². The van der Waals surface area contributed by atoms with Gasteiger partial charge >= 0.3 is 0 Å². The number of aryl methyl sites for hydroxylation is 1. The second kappa shape index (κ2) is 5.95. The number of nitrogens with zero attached hydrogens (tertiary/aromatic N) is 3. The summed E-state index contributed by atoms with van der Waals surface area (Å²) in [7, 11) is 1.95. The second-order valence-corrected chi connectivity index (χ2v) is 6.20. The van der Waals surface area contributed by atoms with E-state index in [-0.39, 0.29) is 11.9 Å². The van der Waals surface area contributed by atoms with Gasteiger partial charge in [-0.3, -0.25) is 9.48 Å². The number of amides is 1. The van der Waals surface area contributed by atoms with Gasteiger partial charge in [0.1, 0.15) is 5.69 Å². The van der Waals surface area contributed by atoms with Crippen LogP contribution in [-0.2, 0) is 19.9 Å². The summed E-state index contributed by atoms with van der Waals surface area (Å²) in [4.78, 5) is 16.7. The van der Waals surface area contributed by atoms with E-state index >= 15 is 0 Å². The Labute approximate surface area is 127 Å². The minimum absolute atomic E-state index is 0.0367. The molecule has 0 saturated carbocycles. The average molecular weight is 305 g/mol. The summed E-state index contributed by atoms with van der Waals surface area (Å²) in [5.74, 6) is -0.115. The largest absolute Gasteiger partial charge is 0.344 e. The average Bonchev–Trinajstić information content (AvgIpc) is 3.08. The monoisotopic (exact) mass is 305 g/mol. The standard InChI is InChI=1S/C14H19N5OS/c1-19-12-4-2-3-10(9(12)7-16-19)18-14(20)11-8-21-13(17-11)5-6-15/h7-8,10H,2-6,15H2,1H3,(H,18,20). The van der Waals surface area contributed by atoms with Crippen molar-refractivity contribution in [3.63, 3.8) is 0 Å². The Morgan fingerprint density at radius 1 is 1.62 bits per heavy atom. The minimum atomic E-state index is -0.115. The van der Waals surface area contributed by atoms with Crippen molar-refractivity contribution in [1.82, 2.24) is 20.1 Å². The topological polar surface area (TPSA) is 85.8 Å². The summed E-state index contributed by atoms with van der Waals surface area (Å²) >= 11 is 1.49. The van der Waals surface area contributed by atoms with Gasteiger partial charge in [-0.15, -0.1) is 11.3 Å². The van der Waals surface area contributed by atoms with Crippen molar-refractivity contribution in [2.75, 3.05) is 6.54 Å². The van der Waals surface area contributed by atoms with Crippen molar-refractivity contribution in [2.45, 2.75) is 31.7 Å². The van der Waals surface area contributed by atoms with E-state index in [2.05, 4.69) is 15.4 Å². The van der Waals surface area contributed by atoms with Gasteiger partial charge in [0.2, 0.25) is 0 Å². The highest BCUT2D eigenvalue weighted by molar-refractivity contribution is 7.09. The lowest BCUT2D eigenvalue weighted by molar-refractivity contribution is 0.0928. The van der Waals surface area contributed by atoms with Crippen molar-refractivity contribution >= 4 is 17.2 Å². The fraction of sp³-hybridized carbons (Fsp3) is 0.500. The first-order valence-corrected chi connectivity index (χ1v) is 8.03. The molecule has 2 aromatic rings. The van der Waals surface area contributed by atoms with Gasteiger partial charge < -0.3 is 11.1 Å². The fourth-order valence-corrected chi connectivity index (χ4v) is 3.54. The molecule has 1 atom stereocenters. The van der Waals surface area contributed by atoms with E-state index in [1.165, 1.54) is 17.0 Å². The number of hydrogen-bond acceptors (Lipinski definition) is 5. The van der Waals surface area contributed by atoms with Gasteiger partial charge in [-0.25, -0.2) is 4.98 Å². The molecule has 21 heavy (non-hydrogen) atoms. The summed E-state index contributed by atoms with van der Waals surface area (Å²) in [6, 6.07) is 0.0367. The maximum atomic E-state index is 12.3. The van der Waals surface area contributed by atoms with E-state index in [0.717, 1.165) is 29.8 Å². The van der Waals surface area contributed by atoms with Gasteiger partial charge in [-0.1, -0.05) is 0 Å². The molecule has 1 aliphatic carbocycles. The Morgan fingerprint density at radius 3 is 3.29 bits per heavy atom. The van der Waals surface area contributed by atoms with E-state index in [0.29, 0.717) is 18.7 Å². The van der Waals surface area contributed by atoms with Crippen molar-refractivity contribution in [2.24, 2.45) is 12.8 Å². The van der Waals surface area contributed by atoms with Gasteiger partial charge in [0.25, 0.3) is 5.91 Å². The first-order chi connectivity index (χ1) is 10.2. The molecule has 6 nitrogen and oxygen atoms in total.